The zero-order chi connectivity index (χ0) is 49.0. The van der Waals surface area contributed by atoms with Crippen molar-refractivity contribution in [1.29, 1.82) is 0 Å². The van der Waals surface area contributed by atoms with Crippen molar-refractivity contribution in [3.63, 3.8) is 0 Å². The number of alkyl halides is 3. The molecule has 11 rings (SSSR count). The number of imidazole rings is 1. The lowest BCUT2D eigenvalue weighted by Crippen LogP contribution is -2.52. The maximum atomic E-state index is 14.7. The fourth-order valence-electron chi connectivity index (χ4n) is 12.4. The molecule has 6 aliphatic rings. The number of nitrogens with zero attached hydrogens (tertiary/aromatic N) is 9. The van der Waals surface area contributed by atoms with E-state index in [1.54, 1.807) is 23.5 Å². The van der Waals surface area contributed by atoms with Gasteiger partial charge in [-0.05, 0) is 161 Å². The molecule has 0 unspecified atom stereocenters. The average molecular weight is 977 g/mol. The Morgan fingerprint density at radius 2 is 1.55 bits per heavy atom. The van der Waals surface area contributed by atoms with Gasteiger partial charge in [-0.2, -0.15) is 13.2 Å². The first kappa shape index (κ1) is 47.5. The lowest BCUT2D eigenvalue weighted by Gasteiger charge is -2.41. The molecule has 3 amide bonds. The van der Waals surface area contributed by atoms with Gasteiger partial charge in [-0.1, -0.05) is 12.1 Å². The fourth-order valence-corrected chi connectivity index (χ4v) is 12.4. The number of rotatable bonds is 13. The molecular weight excluding hydrogens is 914 g/mol. The van der Waals surface area contributed by atoms with Crippen LogP contribution in [0.15, 0.2) is 72.0 Å². The highest BCUT2D eigenvalue weighted by molar-refractivity contribution is 6.05. The van der Waals surface area contributed by atoms with Gasteiger partial charge in [0.1, 0.15) is 18.2 Å². The normalized spacial score (nSPS) is 22.1. The summed E-state index contributed by atoms with van der Waals surface area (Å²) in [6, 6.07) is 14.1. The summed E-state index contributed by atoms with van der Waals surface area (Å²) in [5.74, 6) is 2.03. The van der Waals surface area contributed by atoms with E-state index in [2.05, 4.69) is 36.3 Å². The first-order valence-corrected chi connectivity index (χ1v) is 25.6. The van der Waals surface area contributed by atoms with Gasteiger partial charge in [0.05, 0.1) is 30.0 Å². The number of ether oxygens (including phenoxy) is 1. The predicted octanol–water partition coefficient (Wildman–Crippen LogP) is 6.13. The molecule has 0 spiro atoms. The van der Waals surface area contributed by atoms with E-state index in [-0.39, 0.29) is 35.1 Å². The Bertz CT molecular complexity index is 2860. The number of hydrogen-bond acceptors (Lipinski definition) is 10. The molecule has 1 N–H and O–H groups in total. The molecule has 5 fully saturated rings. The first-order valence-electron chi connectivity index (χ1n) is 25.6. The number of imide groups is 1. The molecule has 18 heteroatoms. The van der Waals surface area contributed by atoms with Crippen LogP contribution in [-0.4, -0.2) is 121 Å². The van der Waals surface area contributed by atoms with Crippen molar-refractivity contribution in [2.24, 2.45) is 24.8 Å². The van der Waals surface area contributed by atoms with Crippen molar-refractivity contribution < 1.29 is 32.3 Å². The summed E-state index contributed by atoms with van der Waals surface area (Å²) in [6.45, 7) is 8.59. The van der Waals surface area contributed by atoms with E-state index in [0.717, 1.165) is 111 Å². The van der Waals surface area contributed by atoms with Gasteiger partial charge in [-0.3, -0.25) is 33.6 Å². The summed E-state index contributed by atoms with van der Waals surface area (Å²) in [5, 5.41) is 10.6. The minimum absolute atomic E-state index is 0.137. The second kappa shape index (κ2) is 19.3. The van der Waals surface area contributed by atoms with Crippen LogP contribution in [0, 0.1) is 17.8 Å². The van der Waals surface area contributed by atoms with Gasteiger partial charge in [0.25, 0.3) is 5.91 Å². The Morgan fingerprint density at radius 3 is 2.24 bits per heavy atom. The fraction of sp³-hybridized carbons (Fsp3) is 0.547. The maximum absolute atomic E-state index is 14.7. The van der Waals surface area contributed by atoms with Crippen molar-refractivity contribution in [1.82, 2.24) is 43.7 Å². The number of pyridine rings is 1. The number of benzene rings is 2. The van der Waals surface area contributed by atoms with Gasteiger partial charge >= 0.3 is 11.9 Å². The Labute approximate surface area is 410 Å². The standard InChI is InChI=1S/C53H63F3N10O5/c1-60-34-57-59-47(60)27-52(32-71-33-52)40-3-2-4-42(26-40)64-31-46-44(53(54,55)56)24-38(29-66(46)51(64)70)28-62-19-10-35(11-20-62)9-16-61-17-12-36(13-18-61)23-37-14-21-63(22-15-37)41-5-6-43-39(25-41)30-65(50(43)69)45-7-8-48(67)58-49(45)68/h2-6,24-26,29,31,34-37,45H,7-23,27-28,30,32-33H2,1H3,(H,58,67,68)/t45-/m0/s1. The Morgan fingerprint density at radius 1 is 0.817 bits per heavy atom. The summed E-state index contributed by atoms with van der Waals surface area (Å²) in [6.07, 6.45) is 10.3. The van der Waals surface area contributed by atoms with Crippen LogP contribution in [0.1, 0.15) is 103 Å². The first-order chi connectivity index (χ1) is 34.3. The number of amides is 3. The highest BCUT2D eigenvalue weighted by atomic mass is 19.4. The number of likely N-dealkylation sites (tertiary alicyclic amines) is 2. The monoisotopic (exact) mass is 976 g/mol. The van der Waals surface area contributed by atoms with Crippen LogP contribution >= 0.6 is 0 Å². The van der Waals surface area contributed by atoms with E-state index in [4.69, 9.17) is 4.74 Å². The smallest absolute Gasteiger partial charge is 0.379 e. The summed E-state index contributed by atoms with van der Waals surface area (Å²) in [5.41, 5.74) is 2.71. The third-order valence-electron chi connectivity index (χ3n) is 16.8. The molecular formula is C53H63F3N10O5. The zero-order valence-corrected chi connectivity index (χ0v) is 40.4. The van der Waals surface area contributed by atoms with E-state index in [1.165, 1.54) is 36.1 Å². The van der Waals surface area contributed by atoms with Crippen LogP contribution in [0.3, 0.4) is 0 Å². The number of aromatic nitrogens is 5. The number of aryl methyl sites for hydroxylation is 1. The molecule has 6 aliphatic heterocycles. The largest absolute Gasteiger partial charge is 0.418 e. The van der Waals surface area contributed by atoms with Crippen molar-refractivity contribution in [2.75, 3.05) is 63.9 Å². The summed E-state index contributed by atoms with van der Waals surface area (Å²) in [4.78, 5) is 60.2. The number of piperidine rings is 4. The van der Waals surface area contributed by atoms with Crippen molar-refractivity contribution in [3.05, 3.63) is 111 Å². The lowest BCUT2D eigenvalue weighted by molar-refractivity contribution is -0.137. The number of fused-ring (bicyclic) bond motifs is 2. The molecule has 5 aromatic rings. The number of nitrogens with one attached hydrogen (secondary N) is 1. The Hall–Kier alpha value is -5.85. The molecule has 0 bridgehead atoms. The molecule has 0 saturated carbocycles. The molecule has 1 atom stereocenters. The third-order valence-corrected chi connectivity index (χ3v) is 16.8. The van der Waals surface area contributed by atoms with Crippen LogP contribution < -0.4 is 15.9 Å². The topological polar surface area (TPSA) is 143 Å². The van der Waals surface area contributed by atoms with Crippen molar-refractivity contribution in [2.45, 2.75) is 101 Å². The van der Waals surface area contributed by atoms with Crippen molar-refractivity contribution in [3.8, 4) is 5.69 Å². The van der Waals surface area contributed by atoms with Crippen LogP contribution in [0.5, 0.6) is 0 Å². The minimum Gasteiger partial charge on any atom is -0.379 e. The molecule has 71 heavy (non-hydrogen) atoms. The quantitative estimate of drug-likeness (QED) is 0.137. The van der Waals surface area contributed by atoms with Gasteiger partial charge in [0, 0.05) is 75.1 Å². The van der Waals surface area contributed by atoms with E-state index >= 15 is 0 Å². The number of carbonyl (C=O) groups excluding carboxylic acids is 3. The molecule has 9 heterocycles. The van der Waals surface area contributed by atoms with E-state index in [1.807, 2.05) is 41.9 Å². The van der Waals surface area contributed by atoms with Crippen LogP contribution in [0.2, 0.25) is 0 Å². The third kappa shape index (κ3) is 9.66. The molecule has 5 saturated heterocycles. The van der Waals surface area contributed by atoms with Gasteiger partial charge in [-0.15, -0.1) is 10.2 Å². The molecule has 0 radical (unpaired) electrons. The molecule has 0 aliphatic carbocycles. The Balaban J connectivity index is 0.634. The van der Waals surface area contributed by atoms with Gasteiger partial charge in [-0.25, -0.2) is 4.79 Å². The van der Waals surface area contributed by atoms with Gasteiger partial charge < -0.3 is 24.0 Å². The SMILES string of the molecule is Cn1cnnc1CC1(c2cccc(-n3cc4c(C(F)(F)F)cc(CN5CCC(CCN6CCC(CC7CCN(c8ccc9c(c8)CN([C@H]8CCC(=O)NC8=O)C9=O)CC7)CC6)CC5)cn4c3=O)c2)COC1. The second-order valence-electron chi connectivity index (χ2n) is 21.4. The van der Waals surface area contributed by atoms with E-state index in [0.29, 0.717) is 67.8 Å². The lowest BCUT2D eigenvalue weighted by atomic mass is 9.75. The van der Waals surface area contributed by atoms with Crippen LogP contribution in [-0.2, 0) is 52.5 Å². The molecule has 376 valence electrons. The van der Waals surface area contributed by atoms with Gasteiger partial charge in [0.15, 0.2) is 0 Å². The van der Waals surface area contributed by atoms with Crippen LogP contribution in [0.25, 0.3) is 11.2 Å². The van der Waals surface area contributed by atoms with Crippen LogP contribution in [0.4, 0.5) is 18.9 Å². The van der Waals surface area contributed by atoms with Crippen molar-refractivity contribution >= 4 is 28.9 Å². The molecule has 3 aromatic heterocycles. The average Bonchev–Trinajstić information content (AvgIpc) is 4.02. The number of anilines is 1. The highest BCUT2D eigenvalue weighted by Crippen LogP contribution is 2.39. The minimum atomic E-state index is -4.64. The van der Waals surface area contributed by atoms with Gasteiger partial charge in [0.2, 0.25) is 11.8 Å². The summed E-state index contributed by atoms with van der Waals surface area (Å²) < 4.78 is 54.1. The highest BCUT2D eigenvalue weighted by Gasteiger charge is 2.43. The number of hydrogen-bond donors (Lipinski definition) is 1. The second-order valence-corrected chi connectivity index (χ2v) is 21.4. The number of carbonyl (C=O) groups is 3. The molecule has 2 aromatic carbocycles. The van der Waals surface area contributed by atoms with E-state index < -0.39 is 23.5 Å². The Kier molecular flexibility index (Phi) is 12.9. The summed E-state index contributed by atoms with van der Waals surface area (Å²) >= 11 is 0. The van der Waals surface area contributed by atoms with E-state index in [9.17, 15) is 32.3 Å². The maximum Gasteiger partial charge on any atom is 0.418 e. The molecule has 15 nitrogen and oxygen atoms in total. The zero-order valence-electron chi connectivity index (χ0n) is 40.4. The predicted molar refractivity (Wildman–Crippen MR) is 259 cm³/mol. The summed E-state index contributed by atoms with van der Waals surface area (Å²) in [7, 11) is 1.88. The number of halogens is 3.